The van der Waals surface area contributed by atoms with Crippen LogP contribution in [0.1, 0.15) is 53.5 Å². The highest BCUT2D eigenvalue weighted by molar-refractivity contribution is 5.84. The van der Waals surface area contributed by atoms with Gasteiger partial charge < -0.3 is 4.90 Å². The highest BCUT2D eigenvalue weighted by Gasteiger charge is 2.24. The summed E-state index contributed by atoms with van der Waals surface area (Å²) < 4.78 is 2.18. The number of aromatic nitrogens is 1. The van der Waals surface area contributed by atoms with Crippen molar-refractivity contribution in [3.05, 3.63) is 58.4 Å². The molecular weight excluding hydrogens is 304 g/mol. The molecule has 0 unspecified atom stereocenters. The van der Waals surface area contributed by atoms with Crippen LogP contribution >= 0.6 is 0 Å². The number of aryl methyl sites for hydroxylation is 4. The van der Waals surface area contributed by atoms with Gasteiger partial charge in [0.15, 0.2) is 12.4 Å². The lowest BCUT2D eigenvalue weighted by atomic mass is 9.86. The topological polar surface area (TPSA) is 7.12 Å². The standard InChI is InChI=1S/C23H27N2/c1-24-12-9-22-18(5-2-6-21(22)16-24)13-17-14-19-7-3-10-25-11-4-8-20(15-17)23(19)25/h9,12-16H,2-8,10-11H2,1H3/q+1. The molecule has 0 spiro atoms. The number of benzene rings is 1. The van der Waals surface area contributed by atoms with E-state index < -0.39 is 0 Å². The summed E-state index contributed by atoms with van der Waals surface area (Å²) in [5.74, 6) is 0. The van der Waals surface area contributed by atoms with E-state index in [0.717, 1.165) is 0 Å². The lowest BCUT2D eigenvalue weighted by molar-refractivity contribution is -0.672. The van der Waals surface area contributed by atoms with E-state index in [0.29, 0.717) is 0 Å². The van der Waals surface area contributed by atoms with Crippen molar-refractivity contribution in [2.45, 2.75) is 44.9 Å². The second-order valence-electron chi connectivity index (χ2n) is 7.95. The van der Waals surface area contributed by atoms with E-state index in [9.17, 15) is 0 Å². The van der Waals surface area contributed by atoms with Gasteiger partial charge in [-0.15, -0.1) is 0 Å². The average Bonchev–Trinajstić information content (AvgIpc) is 2.62. The van der Waals surface area contributed by atoms with Gasteiger partial charge in [0.1, 0.15) is 7.05 Å². The van der Waals surface area contributed by atoms with Gasteiger partial charge >= 0.3 is 0 Å². The van der Waals surface area contributed by atoms with E-state index in [1.54, 1.807) is 16.8 Å². The molecule has 0 saturated heterocycles. The summed E-state index contributed by atoms with van der Waals surface area (Å²) in [5, 5.41) is 0. The third-order valence-electron chi connectivity index (χ3n) is 6.12. The molecule has 0 fully saturated rings. The Bertz CT molecular complexity index is 831. The zero-order chi connectivity index (χ0) is 16.8. The number of allylic oxidation sites excluding steroid dienone is 1. The Morgan fingerprint density at radius 2 is 1.64 bits per heavy atom. The molecule has 3 heterocycles. The van der Waals surface area contributed by atoms with Gasteiger partial charge in [0.05, 0.1) is 0 Å². The molecular formula is C23H27N2+. The van der Waals surface area contributed by atoms with Crippen molar-refractivity contribution in [1.29, 1.82) is 0 Å². The Morgan fingerprint density at radius 1 is 0.920 bits per heavy atom. The first-order valence-electron chi connectivity index (χ1n) is 9.88. The molecule has 2 heteroatoms. The van der Waals surface area contributed by atoms with Crippen LogP contribution in [-0.2, 0) is 26.3 Å². The average molecular weight is 331 g/mol. The van der Waals surface area contributed by atoms with Crippen molar-refractivity contribution >= 4 is 17.3 Å². The molecule has 0 N–H and O–H groups in total. The van der Waals surface area contributed by atoms with E-state index in [4.69, 9.17) is 0 Å². The van der Waals surface area contributed by atoms with E-state index in [1.807, 2.05) is 0 Å². The molecule has 128 valence electrons. The molecule has 0 saturated carbocycles. The quantitative estimate of drug-likeness (QED) is 0.714. The Labute approximate surface area is 150 Å². The van der Waals surface area contributed by atoms with Crippen LogP contribution in [0.2, 0.25) is 0 Å². The summed E-state index contributed by atoms with van der Waals surface area (Å²) in [6, 6.07) is 7.26. The molecule has 1 aromatic carbocycles. The van der Waals surface area contributed by atoms with Crippen LogP contribution in [0.3, 0.4) is 0 Å². The van der Waals surface area contributed by atoms with Crippen molar-refractivity contribution in [3.63, 3.8) is 0 Å². The minimum atomic E-state index is 1.21. The van der Waals surface area contributed by atoms with Crippen molar-refractivity contribution in [1.82, 2.24) is 0 Å². The summed E-state index contributed by atoms with van der Waals surface area (Å²) >= 11 is 0. The van der Waals surface area contributed by atoms with E-state index in [2.05, 4.69) is 53.2 Å². The fraction of sp³-hybridized carbons (Fsp3) is 0.435. The van der Waals surface area contributed by atoms with E-state index in [-0.39, 0.29) is 0 Å². The normalized spacial score (nSPS) is 20.4. The number of fused-ring (bicyclic) bond motifs is 1. The maximum Gasteiger partial charge on any atom is 0.172 e. The summed E-state index contributed by atoms with van der Waals surface area (Å²) in [6.07, 6.45) is 15.8. The van der Waals surface area contributed by atoms with Crippen LogP contribution in [0.25, 0.3) is 11.6 Å². The molecule has 0 atom stereocenters. The second kappa shape index (κ2) is 6.01. The van der Waals surface area contributed by atoms with Gasteiger partial charge in [0.2, 0.25) is 0 Å². The number of anilines is 1. The van der Waals surface area contributed by atoms with E-state index in [1.165, 1.54) is 80.3 Å². The smallest absolute Gasteiger partial charge is 0.172 e. The van der Waals surface area contributed by atoms with Crippen molar-refractivity contribution in [2.24, 2.45) is 7.05 Å². The van der Waals surface area contributed by atoms with Gasteiger partial charge in [-0.1, -0.05) is 6.08 Å². The number of rotatable bonds is 1. The molecule has 3 aliphatic rings. The minimum Gasteiger partial charge on any atom is -0.371 e. The zero-order valence-electron chi connectivity index (χ0n) is 15.2. The summed E-state index contributed by atoms with van der Waals surface area (Å²) in [6.45, 7) is 2.51. The van der Waals surface area contributed by atoms with Crippen molar-refractivity contribution < 1.29 is 4.57 Å². The Kier molecular flexibility index (Phi) is 3.65. The molecule has 2 aliphatic heterocycles. The van der Waals surface area contributed by atoms with Gasteiger partial charge in [-0.3, -0.25) is 0 Å². The first kappa shape index (κ1) is 15.2. The SMILES string of the molecule is C[n+]1ccc2c(c1)CCC/C2=C\c1cc2c3c(c1)CCCN3CCC2. The lowest BCUT2D eigenvalue weighted by Crippen LogP contribution is -2.34. The predicted molar refractivity (Wildman–Crippen MR) is 104 cm³/mol. The largest absolute Gasteiger partial charge is 0.371 e. The van der Waals surface area contributed by atoms with Crippen LogP contribution in [0.15, 0.2) is 30.6 Å². The fourth-order valence-corrected chi connectivity index (χ4v) is 5.04. The summed E-state index contributed by atoms with van der Waals surface area (Å²) in [7, 11) is 2.12. The van der Waals surface area contributed by atoms with Crippen molar-refractivity contribution in [3.8, 4) is 0 Å². The zero-order valence-corrected chi connectivity index (χ0v) is 15.2. The molecule has 25 heavy (non-hydrogen) atoms. The Morgan fingerprint density at radius 3 is 2.40 bits per heavy atom. The van der Waals surface area contributed by atoms with Crippen LogP contribution in [0.5, 0.6) is 0 Å². The molecule has 5 rings (SSSR count). The third kappa shape index (κ3) is 2.68. The number of nitrogens with zero attached hydrogens (tertiary/aromatic N) is 2. The van der Waals surface area contributed by atoms with Gasteiger partial charge in [0.25, 0.3) is 0 Å². The van der Waals surface area contributed by atoms with E-state index >= 15 is 0 Å². The van der Waals surface area contributed by atoms with Crippen LogP contribution in [0, 0.1) is 0 Å². The van der Waals surface area contributed by atoms with Gasteiger partial charge in [-0.25, -0.2) is 4.57 Å². The first-order valence-corrected chi connectivity index (χ1v) is 9.88. The monoisotopic (exact) mass is 331 g/mol. The molecule has 1 aliphatic carbocycles. The van der Waals surface area contributed by atoms with Crippen molar-refractivity contribution in [2.75, 3.05) is 18.0 Å². The molecule has 2 aromatic rings. The molecule has 0 amide bonds. The Hall–Kier alpha value is -2.09. The van der Waals surface area contributed by atoms with Gasteiger partial charge in [0, 0.05) is 30.4 Å². The third-order valence-corrected chi connectivity index (χ3v) is 6.12. The van der Waals surface area contributed by atoms with Gasteiger partial charge in [-0.05, 0) is 84.9 Å². The van der Waals surface area contributed by atoms with Crippen LogP contribution < -0.4 is 9.47 Å². The molecule has 1 aromatic heterocycles. The highest BCUT2D eigenvalue weighted by atomic mass is 15.1. The molecule has 2 nitrogen and oxygen atoms in total. The maximum absolute atomic E-state index is 2.63. The predicted octanol–water partition coefficient (Wildman–Crippen LogP) is 4.09. The molecule has 0 bridgehead atoms. The highest BCUT2D eigenvalue weighted by Crippen LogP contribution is 2.38. The summed E-state index contributed by atoms with van der Waals surface area (Å²) in [4.78, 5) is 2.63. The fourth-order valence-electron chi connectivity index (χ4n) is 5.04. The second-order valence-corrected chi connectivity index (χ2v) is 7.95. The molecule has 0 radical (unpaired) electrons. The summed E-state index contributed by atoms with van der Waals surface area (Å²) in [5.41, 5.74) is 10.7. The maximum atomic E-state index is 2.63. The first-order chi connectivity index (χ1) is 12.3. The number of hydrogen-bond acceptors (Lipinski definition) is 1. The lowest BCUT2D eigenvalue weighted by Gasteiger charge is -2.37. The van der Waals surface area contributed by atoms with Crippen LogP contribution in [0.4, 0.5) is 5.69 Å². The minimum absolute atomic E-state index is 1.21. The van der Waals surface area contributed by atoms with Crippen LogP contribution in [-0.4, -0.2) is 13.1 Å². The number of hydrogen-bond donors (Lipinski definition) is 0. The number of pyridine rings is 1. The van der Waals surface area contributed by atoms with Gasteiger partial charge in [-0.2, -0.15) is 0 Å². The Balaban J connectivity index is 1.58.